The van der Waals surface area contributed by atoms with E-state index in [1.54, 1.807) is 0 Å². The van der Waals surface area contributed by atoms with Crippen LogP contribution in [0.15, 0.2) is 16.6 Å². The number of amides is 1. The topological polar surface area (TPSA) is 66.9 Å². The summed E-state index contributed by atoms with van der Waals surface area (Å²) in [6.45, 7) is 2.70. The summed E-state index contributed by atoms with van der Waals surface area (Å²) in [7, 11) is 0. The zero-order valence-corrected chi connectivity index (χ0v) is 13.3. The minimum absolute atomic E-state index is 0.0139. The molecule has 21 heavy (non-hydrogen) atoms. The smallest absolute Gasteiger partial charge is 0.286 e. The van der Waals surface area contributed by atoms with Crippen molar-refractivity contribution in [2.75, 3.05) is 17.2 Å². The second-order valence-electron chi connectivity index (χ2n) is 4.04. The monoisotopic (exact) mass is 376 g/mol. The van der Waals surface area contributed by atoms with Gasteiger partial charge in [-0.15, -0.1) is 10.2 Å². The molecule has 0 aliphatic rings. The van der Waals surface area contributed by atoms with Gasteiger partial charge in [-0.05, 0) is 28.4 Å². The Morgan fingerprint density at radius 3 is 2.81 bits per heavy atom. The molecule has 1 amide bonds. The Labute approximate surface area is 131 Å². The van der Waals surface area contributed by atoms with Gasteiger partial charge in [0, 0.05) is 12.6 Å². The van der Waals surface area contributed by atoms with Crippen molar-refractivity contribution in [2.24, 2.45) is 0 Å². The summed E-state index contributed by atoms with van der Waals surface area (Å²) in [6.07, 6.45) is 0.907. The Morgan fingerprint density at radius 1 is 1.33 bits per heavy atom. The van der Waals surface area contributed by atoms with Crippen molar-refractivity contribution in [3.63, 3.8) is 0 Å². The fraction of sp³-hybridized carbons (Fsp3) is 0.250. The minimum Gasteiger partial charge on any atom is -0.360 e. The van der Waals surface area contributed by atoms with E-state index in [2.05, 4.69) is 36.8 Å². The number of anilines is 2. The third kappa shape index (κ3) is 3.94. The van der Waals surface area contributed by atoms with Gasteiger partial charge in [-0.1, -0.05) is 18.3 Å². The highest BCUT2D eigenvalue weighted by Crippen LogP contribution is 2.24. The maximum atomic E-state index is 13.6. The Hall–Kier alpha value is -1.61. The van der Waals surface area contributed by atoms with Crippen molar-refractivity contribution in [3.8, 4) is 0 Å². The van der Waals surface area contributed by atoms with Gasteiger partial charge in [-0.25, -0.2) is 8.78 Å². The molecule has 0 bridgehead atoms. The van der Waals surface area contributed by atoms with E-state index in [9.17, 15) is 13.6 Å². The first kappa shape index (κ1) is 15.8. The van der Waals surface area contributed by atoms with Crippen LogP contribution in [-0.4, -0.2) is 22.6 Å². The van der Waals surface area contributed by atoms with Gasteiger partial charge in [-0.2, -0.15) is 0 Å². The van der Waals surface area contributed by atoms with Gasteiger partial charge in [0.05, 0.1) is 10.2 Å². The van der Waals surface area contributed by atoms with Gasteiger partial charge in [0.15, 0.2) is 0 Å². The summed E-state index contributed by atoms with van der Waals surface area (Å²) in [5, 5.41) is 13.3. The molecule has 0 atom stereocenters. The van der Waals surface area contributed by atoms with Gasteiger partial charge in [0.2, 0.25) is 10.1 Å². The number of nitrogens with zero attached hydrogens (tertiary/aromatic N) is 2. The molecule has 2 N–H and O–H groups in total. The highest BCUT2D eigenvalue weighted by atomic mass is 79.9. The van der Waals surface area contributed by atoms with Crippen LogP contribution in [0, 0.1) is 11.6 Å². The van der Waals surface area contributed by atoms with Crippen LogP contribution in [0.25, 0.3) is 0 Å². The fourth-order valence-electron chi connectivity index (χ4n) is 1.41. The fourth-order valence-corrected chi connectivity index (χ4v) is 2.39. The van der Waals surface area contributed by atoms with E-state index in [0.717, 1.165) is 29.9 Å². The molecule has 2 rings (SSSR count). The molecule has 0 spiro atoms. The molecule has 9 heteroatoms. The molecule has 2 aromatic rings. The zero-order valence-electron chi connectivity index (χ0n) is 10.9. The summed E-state index contributed by atoms with van der Waals surface area (Å²) in [5.41, 5.74) is -0.251. The van der Waals surface area contributed by atoms with Crippen LogP contribution in [0.5, 0.6) is 0 Å². The van der Waals surface area contributed by atoms with Gasteiger partial charge < -0.3 is 10.6 Å². The van der Waals surface area contributed by atoms with Crippen LogP contribution in [-0.2, 0) is 0 Å². The van der Waals surface area contributed by atoms with Crippen LogP contribution < -0.4 is 10.6 Å². The molecule has 0 aliphatic heterocycles. The van der Waals surface area contributed by atoms with Crippen molar-refractivity contribution in [2.45, 2.75) is 13.3 Å². The summed E-state index contributed by atoms with van der Waals surface area (Å²) in [5.74, 6) is -2.06. The first-order chi connectivity index (χ1) is 10.0. The molecule has 1 aromatic carbocycles. The molecule has 0 fully saturated rings. The Bertz CT molecular complexity index is 665. The van der Waals surface area contributed by atoms with Crippen LogP contribution in [0.4, 0.5) is 19.6 Å². The Kier molecular flexibility index (Phi) is 5.18. The largest absolute Gasteiger partial charge is 0.360 e. The number of aromatic nitrogens is 2. The highest BCUT2D eigenvalue weighted by Gasteiger charge is 2.16. The van der Waals surface area contributed by atoms with Crippen molar-refractivity contribution in [1.29, 1.82) is 0 Å². The predicted molar refractivity (Wildman–Crippen MR) is 80.7 cm³/mol. The van der Waals surface area contributed by atoms with Gasteiger partial charge in [-0.3, -0.25) is 4.79 Å². The molecule has 1 aromatic heterocycles. The summed E-state index contributed by atoms with van der Waals surface area (Å²) in [6, 6.07) is 1.84. The molecule has 5 nitrogen and oxygen atoms in total. The zero-order chi connectivity index (χ0) is 15.4. The molecule has 0 unspecified atom stereocenters. The summed E-state index contributed by atoms with van der Waals surface area (Å²) in [4.78, 5) is 11.9. The first-order valence-electron chi connectivity index (χ1n) is 6.04. The van der Waals surface area contributed by atoms with Crippen molar-refractivity contribution in [1.82, 2.24) is 10.2 Å². The Balaban J connectivity index is 2.11. The van der Waals surface area contributed by atoms with Gasteiger partial charge >= 0.3 is 0 Å². The number of nitrogens with one attached hydrogen (secondary N) is 2. The van der Waals surface area contributed by atoms with Crippen LogP contribution in [0.3, 0.4) is 0 Å². The quantitative estimate of drug-likeness (QED) is 0.781. The van der Waals surface area contributed by atoms with Crippen LogP contribution in [0.2, 0.25) is 0 Å². The normalized spacial score (nSPS) is 10.5. The van der Waals surface area contributed by atoms with Gasteiger partial charge in [0.25, 0.3) is 5.91 Å². The molecule has 0 radical (unpaired) electrons. The number of carbonyl (C=O) groups is 1. The molecule has 1 heterocycles. The average molecular weight is 377 g/mol. The van der Waals surface area contributed by atoms with Crippen molar-refractivity contribution in [3.05, 3.63) is 33.2 Å². The third-order valence-corrected chi connectivity index (χ3v) is 3.89. The van der Waals surface area contributed by atoms with E-state index in [4.69, 9.17) is 0 Å². The summed E-state index contributed by atoms with van der Waals surface area (Å²) < 4.78 is 27.0. The number of rotatable bonds is 5. The van der Waals surface area contributed by atoms with Crippen LogP contribution >= 0.6 is 27.3 Å². The number of hydrogen-bond donors (Lipinski definition) is 2. The lowest BCUT2D eigenvalue weighted by molar-refractivity contribution is 0.102. The molecule has 0 saturated heterocycles. The lowest BCUT2D eigenvalue weighted by Crippen LogP contribution is -2.13. The van der Waals surface area contributed by atoms with E-state index in [0.29, 0.717) is 11.7 Å². The number of hydrogen-bond acceptors (Lipinski definition) is 5. The minimum atomic E-state index is -0.745. The molecule has 0 saturated carbocycles. The predicted octanol–water partition coefficient (Wildman–Crippen LogP) is 3.65. The van der Waals surface area contributed by atoms with Crippen molar-refractivity contribution < 1.29 is 13.6 Å². The average Bonchev–Trinajstić information content (AvgIpc) is 2.91. The summed E-state index contributed by atoms with van der Waals surface area (Å²) >= 11 is 3.90. The number of halogens is 3. The van der Waals surface area contributed by atoms with Gasteiger partial charge in [0.1, 0.15) is 11.6 Å². The van der Waals surface area contributed by atoms with E-state index in [1.807, 2.05) is 6.92 Å². The maximum Gasteiger partial charge on any atom is 0.286 e. The van der Waals surface area contributed by atoms with E-state index >= 15 is 0 Å². The SMILES string of the molecule is CCCNc1nnc(C(=O)Nc2cc(F)c(Br)cc2F)s1. The second-order valence-corrected chi connectivity index (χ2v) is 5.87. The molecule has 0 aliphatic carbocycles. The molecule has 112 valence electrons. The number of carbonyl (C=O) groups excluding carboxylic acids is 1. The van der Waals surface area contributed by atoms with E-state index in [-0.39, 0.29) is 15.2 Å². The maximum absolute atomic E-state index is 13.6. The van der Waals surface area contributed by atoms with E-state index in [1.165, 1.54) is 0 Å². The second kappa shape index (κ2) is 6.90. The highest BCUT2D eigenvalue weighted by molar-refractivity contribution is 9.10. The lowest BCUT2D eigenvalue weighted by Gasteiger charge is -2.05. The first-order valence-corrected chi connectivity index (χ1v) is 7.65. The van der Waals surface area contributed by atoms with Crippen LogP contribution in [0.1, 0.15) is 23.1 Å². The number of benzene rings is 1. The van der Waals surface area contributed by atoms with Crippen molar-refractivity contribution >= 4 is 44.0 Å². The van der Waals surface area contributed by atoms with E-state index < -0.39 is 17.5 Å². The lowest BCUT2D eigenvalue weighted by atomic mass is 10.3. The molecular formula is C12H11BrF2N4OS. The standard InChI is InChI=1S/C12H11BrF2N4OS/c1-2-3-16-12-19-18-11(21-12)10(20)17-9-5-7(14)6(13)4-8(9)15/h4-5H,2-3H2,1H3,(H,16,19)(H,17,20). The Morgan fingerprint density at radius 2 is 2.10 bits per heavy atom. The molecular weight excluding hydrogens is 366 g/mol. The third-order valence-electron chi connectivity index (χ3n) is 2.40.